The Hall–Kier alpha value is -0.820. The molecule has 0 saturated heterocycles. The summed E-state index contributed by atoms with van der Waals surface area (Å²) in [5, 5.41) is 0. The van der Waals surface area contributed by atoms with Crippen LogP contribution in [0.1, 0.15) is 30.7 Å². The highest BCUT2D eigenvalue weighted by Crippen LogP contribution is 2.32. The first-order chi connectivity index (χ1) is 5.88. The number of rotatable bonds is 1. The van der Waals surface area contributed by atoms with Crippen molar-refractivity contribution in [1.29, 1.82) is 0 Å². The molecule has 1 saturated carbocycles. The Kier molecular flexibility index (Phi) is 2.13. The summed E-state index contributed by atoms with van der Waals surface area (Å²) in [5.74, 6) is 0.617. The molecule has 1 aromatic rings. The summed E-state index contributed by atoms with van der Waals surface area (Å²) in [6.45, 7) is 0. The van der Waals surface area contributed by atoms with E-state index in [9.17, 15) is 0 Å². The number of nitrogens with two attached hydrogens (primary N) is 1. The highest BCUT2D eigenvalue weighted by Gasteiger charge is 2.24. The van der Waals surface area contributed by atoms with Gasteiger partial charge in [-0.2, -0.15) is 0 Å². The van der Waals surface area contributed by atoms with Gasteiger partial charge in [-0.05, 0) is 24.3 Å². The quantitative estimate of drug-likeness (QED) is 0.672. The van der Waals surface area contributed by atoms with Gasteiger partial charge in [0, 0.05) is 6.04 Å². The number of hydrogen-bond donors (Lipinski definition) is 1. The molecular formula is C11H15N. The monoisotopic (exact) mass is 161 g/mol. The largest absolute Gasteiger partial charge is 0.327 e. The molecule has 2 N–H and O–H groups in total. The maximum atomic E-state index is 6.01. The molecule has 0 radical (unpaired) electrons. The Labute approximate surface area is 73.6 Å². The predicted molar refractivity (Wildman–Crippen MR) is 51.0 cm³/mol. The van der Waals surface area contributed by atoms with Gasteiger partial charge >= 0.3 is 0 Å². The first-order valence-electron chi connectivity index (χ1n) is 4.68. The molecule has 1 fully saturated rings. The van der Waals surface area contributed by atoms with Gasteiger partial charge in [0.25, 0.3) is 0 Å². The Morgan fingerprint density at radius 1 is 1.08 bits per heavy atom. The Balaban J connectivity index is 2.19. The minimum absolute atomic E-state index is 0.396. The molecule has 1 nitrogen and oxygen atoms in total. The van der Waals surface area contributed by atoms with E-state index in [2.05, 4.69) is 30.3 Å². The lowest BCUT2D eigenvalue weighted by Crippen LogP contribution is -2.22. The molecular weight excluding hydrogens is 146 g/mol. The van der Waals surface area contributed by atoms with Crippen molar-refractivity contribution in [2.45, 2.75) is 31.2 Å². The number of hydrogen-bond acceptors (Lipinski definition) is 1. The molecule has 64 valence electrons. The smallest absolute Gasteiger partial charge is 0.0108 e. The van der Waals surface area contributed by atoms with Gasteiger partial charge in [0.05, 0.1) is 0 Å². The van der Waals surface area contributed by atoms with E-state index in [4.69, 9.17) is 5.73 Å². The first-order valence-corrected chi connectivity index (χ1v) is 4.68. The van der Waals surface area contributed by atoms with Crippen molar-refractivity contribution in [3.8, 4) is 0 Å². The van der Waals surface area contributed by atoms with E-state index in [0.29, 0.717) is 12.0 Å². The van der Waals surface area contributed by atoms with E-state index in [1.807, 2.05) is 0 Å². The summed E-state index contributed by atoms with van der Waals surface area (Å²) in [7, 11) is 0. The zero-order valence-corrected chi connectivity index (χ0v) is 7.24. The van der Waals surface area contributed by atoms with Gasteiger partial charge in [-0.15, -0.1) is 0 Å². The average Bonchev–Trinajstić information content (AvgIpc) is 2.53. The molecule has 0 amide bonds. The average molecular weight is 161 g/mol. The van der Waals surface area contributed by atoms with Gasteiger partial charge in [-0.25, -0.2) is 0 Å². The van der Waals surface area contributed by atoms with Crippen LogP contribution >= 0.6 is 0 Å². The van der Waals surface area contributed by atoms with Crippen LogP contribution < -0.4 is 5.73 Å². The molecule has 0 unspecified atom stereocenters. The standard InChI is InChI=1S/C11H15N/c12-11-8-4-7-10(11)9-5-2-1-3-6-9/h1-3,5-6,10-11H,4,7-8,12H2/t10-,11+/m1/s1. The molecule has 0 aliphatic heterocycles. The van der Waals surface area contributed by atoms with Crippen molar-refractivity contribution in [1.82, 2.24) is 0 Å². The Bertz CT molecular complexity index is 242. The number of benzene rings is 1. The van der Waals surface area contributed by atoms with Crippen LogP contribution in [0, 0.1) is 0 Å². The SMILES string of the molecule is N[C@H]1CCC[C@@H]1c1ccccc1. The van der Waals surface area contributed by atoms with Crippen LogP contribution in [0.15, 0.2) is 30.3 Å². The highest BCUT2D eigenvalue weighted by molar-refractivity contribution is 5.22. The lowest BCUT2D eigenvalue weighted by Gasteiger charge is -2.14. The fourth-order valence-electron chi connectivity index (χ4n) is 2.10. The van der Waals surface area contributed by atoms with Gasteiger partial charge in [0.2, 0.25) is 0 Å². The van der Waals surface area contributed by atoms with Gasteiger partial charge in [0.15, 0.2) is 0 Å². The topological polar surface area (TPSA) is 26.0 Å². The van der Waals surface area contributed by atoms with E-state index in [-0.39, 0.29) is 0 Å². The molecule has 0 aromatic heterocycles. The highest BCUT2D eigenvalue weighted by atomic mass is 14.7. The van der Waals surface area contributed by atoms with E-state index in [1.54, 1.807) is 0 Å². The fraction of sp³-hybridized carbons (Fsp3) is 0.455. The zero-order chi connectivity index (χ0) is 8.39. The normalized spacial score (nSPS) is 29.1. The zero-order valence-electron chi connectivity index (χ0n) is 7.24. The van der Waals surface area contributed by atoms with E-state index >= 15 is 0 Å². The molecule has 0 spiro atoms. The van der Waals surface area contributed by atoms with Crippen LogP contribution in [-0.4, -0.2) is 6.04 Å². The summed E-state index contributed by atoms with van der Waals surface area (Å²) in [6.07, 6.45) is 3.76. The maximum Gasteiger partial charge on any atom is 0.0108 e. The molecule has 1 aliphatic rings. The summed E-state index contributed by atoms with van der Waals surface area (Å²) in [6, 6.07) is 11.0. The molecule has 2 rings (SSSR count). The van der Waals surface area contributed by atoms with Crippen LogP contribution in [0.3, 0.4) is 0 Å². The van der Waals surface area contributed by atoms with Crippen LogP contribution in [-0.2, 0) is 0 Å². The summed E-state index contributed by atoms with van der Waals surface area (Å²) >= 11 is 0. The van der Waals surface area contributed by atoms with Crippen LogP contribution in [0.4, 0.5) is 0 Å². The van der Waals surface area contributed by atoms with Gasteiger partial charge in [-0.3, -0.25) is 0 Å². The molecule has 2 atom stereocenters. The molecule has 0 heterocycles. The van der Waals surface area contributed by atoms with Crippen LogP contribution in [0.5, 0.6) is 0 Å². The summed E-state index contributed by atoms with van der Waals surface area (Å²) in [5.41, 5.74) is 7.43. The minimum Gasteiger partial charge on any atom is -0.327 e. The van der Waals surface area contributed by atoms with Gasteiger partial charge < -0.3 is 5.73 Å². The maximum absolute atomic E-state index is 6.01. The van der Waals surface area contributed by atoms with Crippen LogP contribution in [0.25, 0.3) is 0 Å². The van der Waals surface area contributed by atoms with Crippen molar-refractivity contribution >= 4 is 0 Å². The van der Waals surface area contributed by atoms with E-state index < -0.39 is 0 Å². The Morgan fingerprint density at radius 2 is 1.83 bits per heavy atom. The summed E-state index contributed by atoms with van der Waals surface area (Å²) < 4.78 is 0. The van der Waals surface area contributed by atoms with Crippen molar-refractivity contribution in [3.63, 3.8) is 0 Å². The second kappa shape index (κ2) is 3.28. The second-order valence-electron chi connectivity index (χ2n) is 3.61. The molecule has 1 aliphatic carbocycles. The molecule has 1 aromatic carbocycles. The third-order valence-corrected chi connectivity index (χ3v) is 2.80. The van der Waals surface area contributed by atoms with E-state index in [1.165, 1.54) is 24.8 Å². The minimum atomic E-state index is 0.396. The second-order valence-corrected chi connectivity index (χ2v) is 3.61. The van der Waals surface area contributed by atoms with Crippen molar-refractivity contribution in [3.05, 3.63) is 35.9 Å². The third kappa shape index (κ3) is 1.37. The Morgan fingerprint density at radius 3 is 2.42 bits per heavy atom. The van der Waals surface area contributed by atoms with E-state index in [0.717, 1.165) is 0 Å². The molecule has 12 heavy (non-hydrogen) atoms. The lowest BCUT2D eigenvalue weighted by molar-refractivity contribution is 0.613. The third-order valence-electron chi connectivity index (χ3n) is 2.80. The predicted octanol–water partition coefficient (Wildman–Crippen LogP) is 2.28. The lowest BCUT2D eigenvalue weighted by atomic mass is 9.95. The first kappa shape index (κ1) is 7.81. The van der Waals surface area contributed by atoms with Crippen molar-refractivity contribution in [2.24, 2.45) is 5.73 Å². The summed E-state index contributed by atoms with van der Waals surface area (Å²) in [4.78, 5) is 0. The van der Waals surface area contributed by atoms with Gasteiger partial charge in [-0.1, -0.05) is 36.8 Å². The molecule has 1 heteroatoms. The molecule has 0 bridgehead atoms. The van der Waals surface area contributed by atoms with Crippen molar-refractivity contribution < 1.29 is 0 Å². The fourth-order valence-corrected chi connectivity index (χ4v) is 2.10. The van der Waals surface area contributed by atoms with Crippen molar-refractivity contribution in [2.75, 3.05) is 0 Å². The van der Waals surface area contributed by atoms with Gasteiger partial charge in [0.1, 0.15) is 0 Å². The van der Waals surface area contributed by atoms with Crippen LogP contribution in [0.2, 0.25) is 0 Å².